The van der Waals surface area contributed by atoms with Gasteiger partial charge in [0.25, 0.3) is 0 Å². The minimum Gasteiger partial charge on any atom is -0.493 e. The maximum atomic E-state index is 13.1. The van der Waals surface area contributed by atoms with Crippen molar-refractivity contribution >= 4 is 17.6 Å². The summed E-state index contributed by atoms with van der Waals surface area (Å²) in [5.74, 6) is -4.02. The zero-order valence-corrected chi connectivity index (χ0v) is 15.2. The van der Waals surface area contributed by atoms with Crippen molar-refractivity contribution in [2.24, 2.45) is 11.8 Å². The Balaban J connectivity index is 2.18. The summed E-state index contributed by atoms with van der Waals surface area (Å²) in [6, 6.07) is 3.25. The Morgan fingerprint density at radius 3 is 2.58 bits per heavy atom. The number of hydrogen-bond acceptors (Lipinski definition) is 4. The molecule has 0 spiro atoms. The van der Waals surface area contributed by atoms with E-state index < -0.39 is 24.0 Å². The van der Waals surface area contributed by atoms with Gasteiger partial charge in [-0.25, -0.2) is 0 Å². The SMILES string of the molecule is CCCOc1c(Cl)cc(CN2C[C@@H](C(F)(F)F)[C@H](C(=O)O)C2)cc1OC. The molecular formula is C17H21ClF3NO4. The van der Waals surface area contributed by atoms with Crippen LogP contribution in [0.5, 0.6) is 11.5 Å². The Kier molecular flexibility index (Phi) is 6.63. The van der Waals surface area contributed by atoms with Crippen molar-refractivity contribution in [3.05, 3.63) is 22.7 Å². The van der Waals surface area contributed by atoms with Crippen molar-refractivity contribution in [2.45, 2.75) is 26.1 Å². The third-order valence-electron chi connectivity index (χ3n) is 4.28. The van der Waals surface area contributed by atoms with E-state index in [1.165, 1.54) is 12.0 Å². The number of methoxy groups -OCH3 is 1. The monoisotopic (exact) mass is 395 g/mol. The predicted octanol–water partition coefficient (Wildman–Crippen LogP) is 3.83. The highest BCUT2D eigenvalue weighted by atomic mass is 35.5. The first kappa shape index (κ1) is 20.6. The van der Waals surface area contributed by atoms with Crippen molar-refractivity contribution in [2.75, 3.05) is 26.8 Å². The van der Waals surface area contributed by atoms with Crippen LogP contribution in [-0.4, -0.2) is 49.0 Å². The molecule has 0 aromatic heterocycles. The van der Waals surface area contributed by atoms with Gasteiger partial charge in [0.15, 0.2) is 11.5 Å². The highest BCUT2D eigenvalue weighted by Crippen LogP contribution is 2.40. The molecule has 1 aromatic carbocycles. The van der Waals surface area contributed by atoms with E-state index in [1.54, 1.807) is 12.1 Å². The summed E-state index contributed by atoms with van der Waals surface area (Å²) in [6.07, 6.45) is -3.77. The standard InChI is InChI=1S/C17H21ClF3NO4/c1-3-4-26-15-13(18)5-10(6-14(15)25-2)7-22-8-11(16(23)24)12(9-22)17(19,20)21/h5-6,11-12H,3-4,7-9H2,1-2H3,(H,23,24)/t11-,12-/m1/s1. The summed E-state index contributed by atoms with van der Waals surface area (Å²) in [5, 5.41) is 9.39. The van der Waals surface area contributed by atoms with E-state index in [0.717, 1.165) is 6.42 Å². The molecule has 9 heteroatoms. The van der Waals surface area contributed by atoms with Gasteiger partial charge in [0.05, 0.1) is 30.6 Å². The Hall–Kier alpha value is -1.67. The van der Waals surface area contributed by atoms with Crippen LogP contribution in [0.2, 0.25) is 5.02 Å². The van der Waals surface area contributed by atoms with Gasteiger partial charge in [-0.05, 0) is 24.1 Å². The van der Waals surface area contributed by atoms with Crippen molar-refractivity contribution in [3.63, 3.8) is 0 Å². The van der Waals surface area contributed by atoms with Gasteiger partial charge in [-0.1, -0.05) is 18.5 Å². The maximum Gasteiger partial charge on any atom is 0.393 e. The minimum absolute atomic E-state index is 0.139. The topological polar surface area (TPSA) is 59.0 Å². The van der Waals surface area contributed by atoms with E-state index in [2.05, 4.69) is 0 Å². The van der Waals surface area contributed by atoms with Gasteiger partial charge >= 0.3 is 12.1 Å². The Labute approximate surface area is 154 Å². The quantitative estimate of drug-likeness (QED) is 0.760. The minimum atomic E-state index is -4.55. The van der Waals surface area contributed by atoms with E-state index in [1.807, 2.05) is 6.92 Å². The Morgan fingerprint density at radius 1 is 1.38 bits per heavy atom. The first-order chi connectivity index (χ1) is 12.2. The second-order valence-corrected chi connectivity index (χ2v) is 6.65. The third-order valence-corrected chi connectivity index (χ3v) is 4.56. The number of alkyl halides is 3. The normalized spacial score (nSPS) is 21.0. The van der Waals surface area contributed by atoms with Crippen LogP contribution in [0.15, 0.2) is 12.1 Å². The molecule has 1 saturated heterocycles. The van der Waals surface area contributed by atoms with Crippen LogP contribution in [0.25, 0.3) is 0 Å². The van der Waals surface area contributed by atoms with Crippen LogP contribution in [0, 0.1) is 11.8 Å². The Bertz CT molecular complexity index is 654. The molecule has 0 bridgehead atoms. The lowest BCUT2D eigenvalue weighted by atomic mass is 9.96. The number of halogens is 4. The number of likely N-dealkylation sites (tertiary alicyclic amines) is 1. The third kappa shape index (κ3) is 4.73. The highest BCUT2D eigenvalue weighted by molar-refractivity contribution is 6.32. The zero-order valence-electron chi connectivity index (χ0n) is 14.5. The van der Waals surface area contributed by atoms with E-state index in [9.17, 15) is 18.0 Å². The van der Waals surface area contributed by atoms with Gasteiger partial charge in [0.2, 0.25) is 0 Å². The fourth-order valence-electron chi connectivity index (χ4n) is 3.06. The molecule has 1 fully saturated rings. The molecule has 1 aliphatic rings. The molecule has 2 atom stereocenters. The van der Waals surface area contributed by atoms with Gasteiger partial charge < -0.3 is 14.6 Å². The molecular weight excluding hydrogens is 375 g/mol. The number of ether oxygens (including phenoxy) is 2. The van der Waals surface area contributed by atoms with E-state index in [4.69, 9.17) is 26.2 Å². The molecule has 0 saturated carbocycles. The van der Waals surface area contributed by atoms with Crippen LogP contribution in [-0.2, 0) is 11.3 Å². The fraction of sp³-hybridized carbons (Fsp3) is 0.588. The summed E-state index contributed by atoms with van der Waals surface area (Å²) in [6.45, 7) is 2.00. The average Bonchev–Trinajstić information content (AvgIpc) is 2.98. The number of rotatable bonds is 7. The average molecular weight is 396 g/mol. The summed E-state index contributed by atoms with van der Waals surface area (Å²) in [5.41, 5.74) is 0.627. The summed E-state index contributed by atoms with van der Waals surface area (Å²) in [4.78, 5) is 12.6. The summed E-state index contributed by atoms with van der Waals surface area (Å²) in [7, 11) is 1.45. The highest BCUT2D eigenvalue weighted by Gasteiger charge is 2.52. The van der Waals surface area contributed by atoms with Crippen LogP contribution in [0.4, 0.5) is 13.2 Å². The smallest absolute Gasteiger partial charge is 0.393 e. The molecule has 26 heavy (non-hydrogen) atoms. The van der Waals surface area contributed by atoms with Crippen LogP contribution in [0.1, 0.15) is 18.9 Å². The molecule has 1 heterocycles. The lowest BCUT2D eigenvalue weighted by Gasteiger charge is -2.19. The number of carboxylic acids is 1. The number of benzene rings is 1. The molecule has 0 unspecified atom stereocenters. The van der Waals surface area contributed by atoms with Gasteiger partial charge in [0.1, 0.15) is 0 Å². The Morgan fingerprint density at radius 2 is 2.08 bits per heavy atom. The van der Waals surface area contributed by atoms with Gasteiger partial charge in [-0.3, -0.25) is 9.69 Å². The van der Waals surface area contributed by atoms with E-state index >= 15 is 0 Å². The zero-order chi connectivity index (χ0) is 19.5. The number of hydrogen-bond donors (Lipinski definition) is 1. The molecule has 0 radical (unpaired) electrons. The van der Waals surface area contributed by atoms with Gasteiger partial charge in [-0.15, -0.1) is 0 Å². The summed E-state index contributed by atoms with van der Waals surface area (Å²) < 4.78 is 50.1. The second-order valence-electron chi connectivity index (χ2n) is 6.24. The first-order valence-corrected chi connectivity index (χ1v) is 8.56. The van der Waals surface area contributed by atoms with E-state index in [0.29, 0.717) is 28.7 Å². The molecule has 146 valence electrons. The number of carbonyl (C=O) groups is 1. The molecule has 1 N–H and O–H groups in total. The lowest BCUT2D eigenvalue weighted by Crippen LogP contribution is -2.33. The lowest BCUT2D eigenvalue weighted by molar-refractivity contribution is -0.188. The number of nitrogens with zero attached hydrogens (tertiary/aromatic N) is 1. The maximum absolute atomic E-state index is 13.1. The number of aliphatic carboxylic acids is 1. The largest absolute Gasteiger partial charge is 0.493 e. The molecule has 5 nitrogen and oxygen atoms in total. The first-order valence-electron chi connectivity index (χ1n) is 8.18. The molecule has 1 aromatic rings. The molecule has 0 aliphatic carbocycles. The van der Waals surface area contributed by atoms with E-state index in [-0.39, 0.29) is 19.6 Å². The van der Waals surface area contributed by atoms with Crippen molar-refractivity contribution in [1.29, 1.82) is 0 Å². The van der Waals surface area contributed by atoms with Gasteiger partial charge in [-0.2, -0.15) is 13.2 Å². The van der Waals surface area contributed by atoms with Crippen molar-refractivity contribution in [1.82, 2.24) is 4.90 Å². The van der Waals surface area contributed by atoms with Gasteiger partial charge in [0, 0.05) is 19.6 Å². The molecule has 2 rings (SSSR count). The van der Waals surface area contributed by atoms with Crippen molar-refractivity contribution in [3.8, 4) is 11.5 Å². The van der Waals surface area contributed by atoms with Crippen molar-refractivity contribution < 1.29 is 32.5 Å². The molecule has 0 amide bonds. The summed E-state index contributed by atoms with van der Waals surface area (Å²) >= 11 is 6.22. The van der Waals surface area contributed by atoms with Crippen LogP contribution in [0.3, 0.4) is 0 Å². The number of carboxylic acid groups (broad SMARTS) is 1. The fourth-order valence-corrected chi connectivity index (χ4v) is 3.35. The second kappa shape index (κ2) is 8.35. The predicted molar refractivity (Wildman–Crippen MR) is 89.7 cm³/mol. The van der Waals surface area contributed by atoms with Crippen LogP contribution < -0.4 is 9.47 Å². The molecule has 1 aliphatic heterocycles. The van der Waals surface area contributed by atoms with Crippen LogP contribution >= 0.6 is 11.6 Å².